The van der Waals surface area contributed by atoms with E-state index in [1.807, 2.05) is 71.3 Å². The highest BCUT2D eigenvalue weighted by Gasteiger charge is 2.42. The highest BCUT2D eigenvalue weighted by atomic mass is 35.5. The lowest BCUT2D eigenvalue weighted by Gasteiger charge is -2.40. The second-order valence-corrected chi connectivity index (χ2v) is 18.9. The van der Waals surface area contributed by atoms with Crippen molar-refractivity contribution in [1.29, 1.82) is 5.26 Å². The highest BCUT2D eigenvalue weighted by Crippen LogP contribution is 2.37. The van der Waals surface area contributed by atoms with E-state index in [4.69, 9.17) is 21.1 Å². The first-order chi connectivity index (χ1) is 30.7. The van der Waals surface area contributed by atoms with E-state index >= 15 is 0 Å². The minimum Gasteiger partial charge on any atom is -0.488 e. The molecule has 63 heavy (non-hydrogen) atoms. The minimum absolute atomic E-state index is 0.0584. The van der Waals surface area contributed by atoms with Crippen LogP contribution in [0.4, 0.5) is 4.79 Å². The Hall–Kier alpha value is -5.22. The Bertz CT molecular complexity index is 2300. The molecule has 0 spiro atoms. The van der Waals surface area contributed by atoms with E-state index in [2.05, 4.69) is 58.1 Å². The molecule has 0 bridgehead atoms. The molecule has 13 heteroatoms. The van der Waals surface area contributed by atoms with Crippen LogP contribution in [0, 0.1) is 18.3 Å². The molecule has 8 rings (SSSR count). The predicted molar refractivity (Wildman–Crippen MR) is 248 cm³/mol. The van der Waals surface area contributed by atoms with Crippen LogP contribution in [0.25, 0.3) is 11.1 Å². The molecule has 3 N–H and O–H groups in total. The quantitative estimate of drug-likeness (QED) is 0.0753. The van der Waals surface area contributed by atoms with Gasteiger partial charge < -0.3 is 30.3 Å². The summed E-state index contributed by atoms with van der Waals surface area (Å²) in [6.45, 7) is 5.13. The number of unbranched alkanes of at least 4 members (excludes halogenated alkanes) is 1. The van der Waals surface area contributed by atoms with Crippen molar-refractivity contribution in [2.24, 2.45) is 0 Å². The Labute approximate surface area is 380 Å². The Kier molecular flexibility index (Phi) is 14.8. The fourth-order valence-corrected chi connectivity index (χ4v) is 11.3. The average molecular weight is 890 g/mol. The number of ether oxygens (including phenoxy) is 2. The molecule has 4 amide bonds. The second-order valence-electron chi connectivity index (χ2n) is 17.3. The van der Waals surface area contributed by atoms with Crippen LogP contribution < -0.4 is 25.4 Å². The third kappa shape index (κ3) is 11.1. The van der Waals surface area contributed by atoms with Crippen LogP contribution in [-0.4, -0.2) is 82.4 Å². The van der Waals surface area contributed by atoms with Gasteiger partial charge in [-0.25, -0.2) is 4.79 Å². The van der Waals surface area contributed by atoms with Crippen LogP contribution in [0.2, 0.25) is 5.02 Å². The third-order valence-corrected chi connectivity index (χ3v) is 14.8. The molecule has 0 aromatic heterocycles. The molecular formula is C50H57ClN6O5S. The summed E-state index contributed by atoms with van der Waals surface area (Å²) in [6, 6.07) is 30.0. The number of hydrogen-bond acceptors (Lipinski definition) is 8. The number of halogens is 1. The summed E-state index contributed by atoms with van der Waals surface area (Å²) in [4.78, 5) is 43.1. The molecule has 4 saturated heterocycles. The van der Waals surface area contributed by atoms with E-state index < -0.39 is 0 Å². The number of amides is 4. The number of benzene rings is 4. The van der Waals surface area contributed by atoms with E-state index in [1.165, 1.54) is 0 Å². The molecule has 0 saturated carbocycles. The smallest absolute Gasteiger partial charge is 0.315 e. The van der Waals surface area contributed by atoms with Gasteiger partial charge >= 0.3 is 6.03 Å². The van der Waals surface area contributed by atoms with Gasteiger partial charge in [0.05, 0.1) is 34.8 Å². The van der Waals surface area contributed by atoms with Crippen LogP contribution in [0.15, 0.2) is 84.9 Å². The van der Waals surface area contributed by atoms with E-state index in [0.717, 1.165) is 97.0 Å². The van der Waals surface area contributed by atoms with E-state index in [0.29, 0.717) is 60.0 Å². The Morgan fingerprint density at radius 2 is 1.70 bits per heavy atom. The van der Waals surface area contributed by atoms with Crippen molar-refractivity contribution in [3.05, 3.63) is 118 Å². The van der Waals surface area contributed by atoms with Crippen molar-refractivity contribution in [2.75, 3.05) is 25.4 Å². The standard InChI is InChI=1S/C50H57ClN6O5S/c1-33-37(15-10-16-40(33)36-13-3-2-4-14-36)31-62-45-27-44(61-30-35-12-9-11-34(25-35)28-52)38(26-41(45)51)29-57-22-8-7-17-43(57)49(59)56-23-20-39(21-24-56)53-47(58)19-6-5-18-46-48-42(32-63-46)54-50(60)55-48/h2-4,9-16,25-27,39,42-43,46,48H,5-8,17-24,29-32H2,1H3,(H,53,58)(H2,54,55,60)/t42-,43?,46-,48-/m0/s1. The number of nitrogens with zero attached hydrogens (tertiary/aromatic N) is 3. The maximum atomic E-state index is 14.3. The Balaban J connectivity index is 0.885. The van der Waals surface area contributed by atoms with Gasteiger partial charge in [0, 0.05) is 54.7 Å². The molecule has 1 unspecified atom stereocenters. The second kappa shape index (κ2) is 21.0. The molecule has 11 nitrogen and oxygen atoms in total. The summed E-state index contributed by atoms with van der Waals surface area (Å²) in [5.41, 5.74) is 6.78. The van der Waals surface area contributed by atoms with E-state index in [-0.39, 0.29) is 48.6 Å². The molecule has 4 fully saturated rings. The van der Waals surface area contributed by atoms with Gasteiger partial charge in [0.25, 0.3) is 0 Å². The number of piperidine rings is 2. The van der Waals surface area contributed by atoms with Crippen molar-refractivity contribution in [2.45, 2.75) is 114 Å². The number of thioether (sulfide) groups is 1. The third-order valence-electron chi connectivity index (χ3n) is 13.0. The zero-order valence-corrected chi connectivity index (χ0v) is 37.5. The van der Waals surface area contributed by atoms with Crippen LogP contribution in [-0.2, 0) is 29.3 Å². The van der Waals surface area contributed by atoms with Crippen molar-refractivity contribution >= 4 is 41.2 Å². The van der Waals surface area contributed by atoms with Gasteiger partial charge in [-0.05, 0) is 98.0 Å². The summed E-state index contributed by atoms with van der Waals surface area (Å²) >= 11 is 8.91. The SMILES string of the molecule is Cc1c(COc2cc(OCc3cccc(C#N)c3)c(CN3CCCCC3C(=O)N3CCC(NC(=O)CCCC[C@@H]4SC[C@@H]5NC(=O)N[C@@H]54)CC3)cc2Cl)cccc1-c1ccccc1. The number of likely N-dealkylation sites (tertiary alicyclic amines) is 2. The number of nitriles is 1. The molecule has 4 atom stereocenters. The normalized spacial score (nSPS) is 21.2. The minimum atomic E-state index is -0.277. The molecule has 0 radical (unpaired) electrons. The number of carbonyl (C=O) groups excluding carboxylic acids is 3. The van der Waals surface area contributed by atoms with Gasteiger partial charge in [0.15, 0.2) is 0 Å². The predicted octanol–water partition coefficient (Wildman–Crippen LogP) is 8.53. The summed E-state index contributed by atoms with van der Waals surface area (Å²) < 4.78 is 12.9. The van der Waals surface area contributed by atoms with Crippen molar-refractivity contribution < 1.29 is 23.9 Å². The molecule has 4 aromatic rings. The van der Waals surface area contributed by atoms with Gasteiger partial charge in [-0.3, -0.25) is 14.5 Å². The van der Waals surface area contributed by atoms with Crippen LogP contribution in [0.5, 0.6) is 11.5 Å². The maximum Gasteiger partial charge on any atom is 0.315 e. The first kappa shape index (κ1) is 44.4. The number of nitrogens with one attached hydrogen (secondary N) is 3. The lowest BCUT2D eigenvalue weighted by Crippen LogP contribution is -2.54. The maximum absolute atomic E-state index is 14.3. The number of hydrogen-bond donors (Lipinski definition) is 3. The zero-order chi connectivity index (χ0) is 43.7. The highest BCUT2D eigenvalue weighted by molar-refractivity contribution is 8.00. The van der Waals surface area contributed by atoms with Gasteiger partial charge in [-0.2, -0.15) is 17.0 Å². The lowest BCUT2D eigenvalue weighted by molar-refractivity contribution is -0.139. The number of fused-ring (bicyclic) bond motifs is 1. The summed E-state index contributed by atoms with van der Waals surface area (Å²) in [5.74, 6) is 2.27. The molecule has 4 aromatic carbocycles. The molecule has 4 aliphatic rings. The van der Waals surface area contributed by atoms with Crippen molar-refractivity contribution in [3.63, 3.8) is 0 Å². The zero-order valence-electron chi connectivity index (χ0n) is 36.0. The fourth-order valence-electron chi connectivity index (χ4n) is 9.47. The molecule has 330 valence electrons. The summed E-state index contributed by atoms with van der Waals surface area (Å²) in [7, 11) is 0. The molecule has 4 aliphatic heterocycles. The van der Waals surface area contributed by atoms with Crippen molar-refractivity contribution in [1.82, 2.24) is 25.8 Å². The van der Waals surface area contributed by atoms with Crippen LogP contribution in [0.1, 0.15) is 85.6 Å². The number of urea groups is 1. The van der Waals surface area contributed by atoms with Gasteiger partial charge in [0.1, 0.15) is 24.7 Å². The monoisotopic (exact) mass is 888 g/mol. The molecule has 0 aliphatic carbocycles. The van der Waals surface area contributed by atoms with Gasteiger partial charge in [-0.15, -0.1) is 0 Å². The number of carbonyl (C=O) groups is 3. The van der Waals surface area contributed by atoms with Gasteiger partial charge in [0.2, 0.25) is 11.8 Å². The largest absolute Gasteiger partial charge is 0.488 e. The van der Waals surface area contributed by atoms with E-state index in [1.54, 1.807) is 6.07 Å². The first-order valence-corrected chi connectivity index (χ1v) is 23.9. The number of rotatable bonds is 16. The molecular weight excluding hydrogens is 832 g/mol. The van der Waals surface area contributed by atoms with Gasteiger partial charge in [-0.1, -0.05) is 85.1 Å². The summed E-state index contributed by atoms with van der Waals surface area (Å²) in [5, 5.41) is 19.6. The first-order valence-electron chi connectivity index (χ1n) is 22.4. The fraction of sp³-hybridized carbons (Fsp3) is 0.440. The van der Waals surface area contributed by atoms with E-state index in [9.17, 15) is 19.6 Å². The lowest BCUT2D eigenvalue weighted by atomic mass is 9.97. The van der Waals surface area contributed by atoms with Crippen molar-refractivity contribution in [3.8, 4) is 28.7 Å². The Morgan fingerprint density at radius 1 is 0.889 bits per heavy atom. The van der Waals surface area contributed by atoms with Crippen LogP contribution in [0.3, 0.4) is 0 Å². The van der Waals surface area contributed by atoms with Crippen LogP contribution >= 0.6 is 23.4 Å². The topological polar surface area (TPSA) is 136 Å². The molecule has 4 heterocycles. The summed E-state index contributed by atoms with van der Waals surface area (Å²) in [6.07, 6.45) is 7.45. The Morgan fingerprint density at radius 3 is 2.52 bits per heavy atom. The average Bonchev–Trinajstić information content (AvgIpc) is 3.87.